The Morgan fingerprint density at radius 1 is 1.20 bits per heavy atom. The molecule has 6 nitrogen and oxygen atoms in total. The van der Waals surface area contributed by atoms with E-state index in [4.69, 9.17) is 22.1 Å². The van der Waals surface area contributed by atoms with Crippen LogP contribution >= 0.6 is 35.3 Å². The fourth-order valence-corrected chi connectivity index (χ4v) is 4.93. The van der Waals surface area contributed by atoms with Crippen LogP contribution < -0.4 is 0 Å². The zero-order chi connectivity index (χ0) is 21.7. The van der Waals surface area contributed by atoms with Crippen molar-refractivity contribution in [2.75, 3.05) is 13.2 Å². The molecule has 1 aliphatic rings. The maximum atomic E-state index is 12.4. The number of thiophene rings is 1. The zero-order valence-corrected chi connectivity index (χ0v) is 18.6. The molecular weight excluding hydrogens is 442 g/mol. The van der Waals surface area contributed by atoms with E-state index in [2.05, 4.69) is 0 Å². The lowest BCUT2D eigenvalue weighted by atomic mass is 10.1. The maximum absolute atomic E-state index is 12.4. The van der Waals surface area contributed by atoms with Gasteiger partial charge in [0.1, 0.15) is 10.9 Å². The second-order valence-corrected chi connectivity index (χ2v) is 9.22. The van der Waals surface area contributed by atoms with Gasteiger partial charge in [-0.25, -0.2) is 4.79 Å². The van der Waals surface area contributed by atoms with Crippen LogP contribution in [0.5, 0.6) is 0 Å². The van der Waals surface area contributed by atoms with Gasteiger partial charge < -0.3 is 9.84 Å². The molecule has 1 amide bonds. The Labute approximate surface area is 187 Å². The van der Waals surface area contributed by atoms with E-state index in [0.717, 1.165) is 44.8 Å². The van der Waals surface area contributed by atoms with Crippen molar-refractivity contribution in [3.05, 3.63) is 51.7 Å². The number of amides is 1. The Kier molecular flexibility index (Phi) is 7.41. The average Bonchev–Trinajstić information content (AvgIpc) is 3.28. The number of hydrogen-bond donors (Lipinski definition) is 1. The number of ether oxygens (including phenoxy) is 1. The third-order valence-electron chi connectivity index (χ3n) is 4.20. The van der Waals surface area contributed by atoms with Gasteiger partial charge in [-0.05, 0) is 42.3 Å². The number of nitrogens with zero attached hydrogens (tertiary/aromatic N) is 1. The predicted octanol–water partition coefficient (Wildman–Crippen LogP) is 4.66. The van der Waals surface area contributed by atoms with Crippen molar-refractivity contribution in [2.24, 2.45) is 0 Å². The van der Waals surface area contributed by atoms with E-state index in [9.17, 15) is 14.4 Å². The number of unbranched alkanes of at least 4 members (excludes halogenated alkanes) is 1. The van der Waals surface area contributed by atoms with Gasteiger partial charge in [0.15, 0.2) is 0 Å². The summed E-state index contributed by atoms with van der Waals surface area (Å²) in [6.45, 7) is 2.02. The van der Waals surface area contributed by atoms with E-state index in [1.165, 1.54) is 11.3 Å². The molecule has 0 radical (unpaired) electrons. The van der Waals surface area contributed by atoms with Crippen molar-refractivity contribution in [3.8, 4) is 10.4 Å². The lowest BCUT2D eigenvalue weighted by Gasteiger charge is -2.09. The molecule has 156 valence electrons. The van der Waals surface area contributed by atoms with E-state index in [1.807, 2.05) is 31.2 Å². The molecule has 1 aliphatic heterocycles. The lowest BCUT2D eigenvalue weighted by molar-refractivity contribution is -0.140. The van der Waals surface area contributed by atoms with Gasteiger partial charge >= 0.3 is 11.9 Å². The third kappa shape index (κ3) is 5.35. The third-order valence-corrected chi connectivity index (χ3v) is 6.66. The fourth-order valence-electron chi connectivity index (χ4n) is 2.65. The second-order valence-electron chi connectivity index (χ2n) is 6.43. The monoisotopic (exact) mass is 461 g/mol. The van der Waals surface area contributed by atoms with Crippen molar-refractivity contribution < 1.29 is 24.2 Å². The second kappa shape index (κ2) is 10.0. The molecule has 30 heavy (non-hydrogen) atoms. The first kappa shape index (κ1) is 22.2. The largest absolute Gasteiger partial charge is 0.480 e. The first-order valence-electron chi connectivity index (χ1n) is 9.23. The number of thioether (sulfide) groups is 1. The summed E-state index contributed by atoms with van der Waals surface area (Å²) in [5.41, 5.74) is 1.46. The minimum absolute atomic E-state index is 0.242. The molecule has 2 heterocycles. The Hall–Kier alpha value is -2.49. The number of benzene rings is 1. The summed E-state index contributed by atoms with van der Waals surface area (Å²) in [7, 11) is 0. The molecule has 1 N–H and O–H groups in total. The fraction of sp³-hybridized carbons (Fsp3) is 0.238. The highest BCUT2D eigenvalue weighted by molar-refractivity contribution is 8.26. The van der Waals surface area contributed by atoms with Crippen molar-refractivity contribution >= 4 is 63.6 Å². The molecule has 1 aromatic heterocycles. The van der Waals surface area contributed by atoms with Gasteiger partial charge in [0.2, 0.25) is 0 Å². The number of aliphatic carboxylic acids is 1. The van der Waals surface area contributed by atoms with Crippen LogP contribution in [0.2, 0.25) is 0 Å². The Morgan fingerprint density at radius 2 is 1.93 bits per heavy atom. The molecular formula is C21H19NO5S3. The van der Waals surface area contributed by atoms with Gasteiger partial charge in [0, 0.05) is 9.75 Å². The predicted molar refractivity (Wildman–Crippen MR) is 122 cm³/mol. The lowest BCUT2D eigenvalue weighted by Crippen LogP contribution is -2.33. The number of rotatable bonds is 8. The van der Waals surface area contributed by atoms with Gasteiger partial charge in [-0.15, -0.1) is 11.3 Å². The average molecular weight is 462 g/mol. The standard InChI is InChI=1S/C21H19NO5S3/c1-2-3-10-27-20(26)14-6-4-13(5-7-14)16-9-8-15(29-16)11-17-19(25)22(12-18(23)24)21(28)30-17/h4-9,11H,2-3,10,12H2,1H3,(H,23,24)/b17-11+. The Bertz CT molecular complexity index is 1010. The van der Waals surface area contributed by atoms with Crippen LogP contribution in [0.25, 0.3) is 16.5 Å². The van der Waals surface area contributed by atoms with Crippen LogP contribution in [0.15, 0.2) is 41.3 Å². The summed E-state index contributed by atoms with van der Waals surface area (Å²) in [5, 5.41) is 8.91. The van der Waals surface area contributed by atoms with Crippen molar-refractivity contribution in [1.29, 1.82) is 0 Å². The van der Waals surface area contributed by atoms with Crippen LogP contribution in [0.4, 0.5) is 0 Å². The van der Waals surface area contributed by atoms with Crippen LogP contribution in [0.1, 0.15) is 35.0 Å². The number of carboxylic acids is 1. The molecule has 0 unspecified atom stereocenters. The Morgan fingerprint density at radius 3 is 2.60 bits per heavy atom. The number of hydrogen-bond acceptors (Lipinski definition) is 7. The molecule has 3 rings (SSSR count). The number of carbonyl (C=O) groups excluding carboxylic acids is 2. The highest BCUT2D eigenvalue weighted by atomic mass is 32.2. The van der Waals surface area contributed by atoms with Gasteiger partial charge in [-0.2, -0.15) is 0 Å². The molecule has 1 fully saturated rings. The number of carbonyl (C=O) groups is 3. The van der Waals surface area contributed by atoms with Crippen LogP contribution in [-0.2, 0) is 14.3 Å². The summed E-state index contributed by atoms with van der Waals surface area (Å²) >= 11 is 7.69. The number of esters is 1. The van der Waals surface area contributed by atoms with Crippen molar-refractivity contribution in [2.45, 2.75) is 19.8 Å². The molecule has 0 spiro atoms. The quantitative estimate of drug-likeness (QED) is 0.265. The van der Waals surface area contributed by atoms with Crippen molar-refractivity contribution in [1.82, 2.24) is 4.90 Å². The summed E-state index contributed by atoms with van der Waals surface area (Å²) in [6.07, 6.45) is 3.53. The van der Waals surface area contributed by atoms with Gasteiger partial charge in [0.05, 0.1) is 17.1 Å². The van der Waals surface area contributed by atoms with Crippen LogP contribution in [0.3, 0.4) is 0 Å². The minimum atomic E-state index is -1.11. The smallest absolute Gasteiger partial charge is 0.338 e. The zero-order valence-electron chi connectivity index (χ0n) is 16.1. The molecule has 0 saturated carbocycles. The molecule has 2 aromatic rings. The summed E-state index contributed by atoms with van der Waals surface area (Å²) in [6, 6.07) is 11.0. The molecule has 1 saturated heterocycles. The molecule has 0 atom stereocenters. The summed E-state index contributed by atoms with van der Waals surface area (Å²) in [5.74, 6) is -1.83. The topological polar surface area (TPSA) is 83.9 Å². The number of carboxylic acid groups (broad SMARTS) is 1. The van der Waals surface area contributed by atoms with E-state index in [1.54, 1.807) is 18.2 Å². The van der Waals surface area contributed by atoms with E-state index < -0.39 is 18.4 Å². The summed E-state index contributed by atoms with van der Waals surface area (Å²) in [4.78, 5) is 38.6. The first-order valence-corrected chi connectivity index (χ1v) is 11.3. The molecule has 9 heteroatoms. The van der Waals surface area contributed by atoms with Gasteiger partial charge in [0.25, 0.3) is 5.91 Å². The van der Waals surface area contributed by atoms with Crippen LogP contribution in [0, 0.1) is 0 Å². The van der Waals surface area contributed by atoms with Crippen LogP contribution in [-0.4, -0.2) is 45.3 Å². The molecule has 0 aliphatic carbocycles. The van der Waals surface area contributed by atoms with Gasteiger partial charge in [-0.3, -0.25) is 14.5 Å². The number of thiocarbonyl (C=S) groups is 1. The maximum Gasteiger partial charge on any atom is 0.338 e. The van der Waals surface area contributed by atoms with Crippen molar-refractivity contribution in [3.63, 3.8) is 0 Å². The highest BCUT2D eigenvalue weighted by Crippen LogP contribution is 2.35. The molecule has 1 aromatic carbocycles. The molecule has 0 bridgehead atoms. The first-order chi connectivity index (χ1) is 14.4. The van der Waals surface area contributed by atoms with E-state index in [0.29, 0.717) is 17.1 Å². The van der Waals surface area contributed by atoms with E-state index >= 15 is 0 Å². The minimum Gasteiger partial charge on any atom is -0.480 e. The highest BCUT2D eigenvalue weighted by Gasteiger charge is 2.33. The van der Waals surface area contributed by atoms with Gasteiger partial charge in [-0.1, -0.05) is 49.5 Å². The SMILES string of the molecule is CCCCOC(=O)c1ccc(-c2ccc(/C=C3/SC(=S)N(CC(=O)O)C3=O)s2)cc1. The summed E-state index contributed by atoms with van der Waals surface area (Å²) < 4.78 is 5.46. The normalized spacial score (nSPS) is 15.1. The Balaban J connectivity index is 1.70. The van der Waals surface area contributed by atoms with E-state index in [-0.39, 0.29) is 10.3 Å².